The van der Waals surface area contributed by atoms with Crippen molar-refractivity contribution in [2.75, 3.05) is 0 Å². The van der Waals surface area contributed by atoms with E-state index >= 15 is 0 Å². The Labute approximate surface area is 128 Å². The highest BCUT2D eigenvalue weighted by molar-refractivity contribution is 5.22. The third kappa shape index (κ3) is 3.54. The van der Waals surface area contributed by atoms with Crippen molar-refractivity contribution in [1.29, 1.82) is 0 Å². The van der Waals surface area contributed by atoms with E-state index in [1.807, 2.05) is 0 Å². The summed E-state index contributed by atoms with van der Waals surface area (Å²) in [7, 11) is 0. The highest BCUT2D eigenvalue weighted by Crippen LogP contribution is 2.37. The number of hydrogen-bond acceptors (Lipinski definition) is 1. The molecule has 0 bridgehead atoms. The summed E-state index contributed by atoms with van der Waals surface area (Å²) in [4.78, 5) is 0. The molecular weight excluding hydrogens is 256 g/mol. The Bertz CT molecular complexity index is 505. The van der Waals surface area contributed by atoms with Gasteiger partial charge in [-0.2, -0.15) is 0 Å². The lowest BCUT2D eigenvalue weighted by Gasteiger charge is -2.30. The van der Waals surface area contributed by atoms with Gasteiger partial charge in [-0.25, -0.2) is 0 Å². The van der Waals surface area contributed by atoms with Gasteiger partial charge >= 0.3 is 0 Å². The standard InChI is InChI=1S/C20H23O/c1-2-19-13-14-20(21-19,15-17-9-5-3-6-10-17)16-18-11-7-4-8-12-18/h2-12,19H,13-16H2,1H3/t19-/m1/s1. The Morgan fingerprint density at radius 1 is 0.952 bits per heavy atom. The van der Waals surface area contributed by atoms with Crippen LogP contribution in [-0.2, 0) is 17.6 Å². The van der Waals surface area contributed by atoms with Gasteiger partial charge in [-0.05, 0) is 30.4 Å². The molecule has 109 valence electrons. The van der Waals surface area contributed by atoms with Crippen LogP contribution in [0.4, 0.5) is 0 Å². The SMILES string of the molecule is C[CH][C@@H]1CCC(Cc2ccccc2)(Cc2ccccc2)O1. The Kier molecular flexibility index (Phi) is 4.40. The van der Waals surface area contributed by atoms with Gasteiger partial charge in [0.2, 0.25) is 0 Å². The zero-order valence-electron chi connectivity index (χ0n) is 12.7. The number of hydrogen-bond donors (Lipinski definition) is 0. The quantitative estimate of drug-likeness (QED) is 0.776. The molecule has 0 aromatic heterocycles. The summed E-state index contributed by atoms with van der Waals surface area (Å²) in [5.74, 6) is 0. The molecule has 1 aliphatic heterocycles. The molecule has 0 unspecified atom stereocenters. The average Bonchev–Trinajstić information content (AvgIpc) is 2.92. The van der Waals surface area contributed by atoms with Crippen molar-refractivity contribution < 1.29 is 4.74 Å². The number of benzene rings is 2. The largest absolute Gasteiger partial charge is 0.371 e. The van der Waals surface area contributed by atoms with Crippen molar-refractivity contribution in [2.45, 2.75) is 44.3 Å². The molecule has 1 heterocycles. The molecule has 0 N–H and O–H groups in total. The summed E-state index contributed by atoms with van der Waals surface area (Å²) in [6.45, 7) is 2.10. The number of rotatable bonds is 5. The lowest BCUT2D eigenvalue weighted by molar-refractivity contribution is -0.0282. The Balaban J connectivity index is 1.82. The summed E-state index contributed by atoms with van der Waals surface area (Å²) in [5, 5.41) is 0. The van der Waals surface area contributed by atoms with Gasteiger partial charge in [-0.3, -0.25) is 0 Å². The maximum absolute atomic E-state index is 6.45. The Hall–Kier alpha value is -1.60. The predicted octanol–water partition coefficient (Wildman–Crippen LogP) is 4.61. The summed E-state index contributed by atoms with van der Waals surface area (Å²) in [6, 6.07) is 21.4. The van der Waals surface area contributed by atoms with Crippen LogP contribution >= 0.6 is 0 Å². The van der Waals surface area contributed by atoms with Crippen molar-refractivity contribution in [3.8, 4) is 0 Å². The molecule has 2 aromatic rings. The van der Waals surface area contributed by atoms with Gasteiger partial charge in [-0.15, -0.1) is 0 Å². The van der Waals surface area contributed by atoms with Crippen LogP contribution < -0.4 is 0 Å². The molecule has 0 saturated carbocycles. The summed E-state index contributed by atoms with van der Waals surface area (Å²) in [5.41, 5.74) is 2.68. The van der Waals surface area contributed by atoms with E-state index in [-0.39, 0.29) is 5.60 Å². The van der Waals surface area contributed by atoms with Crippen molar-refractivity contribution in [2.24, 2.45) is 0 Å². The molecule has 0 amide bonds. The van der Waals surface area contributed by atoms with Crippen molar-refractivity contribution in [1.82, 2.24) is 0 Å². The fourth-order valence-corrected chi connectivity index (χ4v) is 3.34. The van der Waals surface area contributed by atoms with Gasteiger partial charge in [0.05, 0.1) is 11.7 Å². The molecule has 0 aliphatic carbocycles. The lowest BCUT2D eigenvalue weighted by Crippen LogP contribution is -2.34. The van der Waals surface area contributed by atoms with Gasteiger partial charge in [0.15, 0.2) is 0 Å². The third-order valence-corrected chi connectivity index (χ3v) is 4.40. The van der Waals surface area contributed by atoms with E-state index in [2.05, 4.69) is 74.0 Å². The number of ether oxygens (including phenoxy) is 1. The van der Waals surface area contributed by atoms with Crippen LogP contribution in [-0.4, -0.2) is 11.7 Å². The van der Waals surface area contributed by atoms with E-state index in [1.54, 1.807) is 0 Å². The normalized spacial score (nSPS) is 20.5. The maximum atomic E-state index is 6.45. The third-order valence-electron chi connectivity index (χ3n) is 4.40. The minimum absolute atomic E-state index is 0.0557. The molecule has 3 rings (SSSR count). The van der Waals surface area contributed by atoms with E-state index in [0.717, 1.165) is 25.7 Å². The molecule has 1 fully saturated rings. The zero-order valence-corrected chi connectivity index (χ0v) is 12.7. The summed E-state index contributed by atoms with van der Waals surface area (Å²) in [6.07, 6.45) is 6.75. The average molecular weight is 279 g/mol. The van der Waals surface area contributed by atoms with Crippen LogP contribution in [0.15, 0.2) is 60.7 Å². The summed E-state index contributed by atoms with van der Waals surface area (Å²) >= 11 is 0. The van der Waals surface area contributed by atoms with Gasteiger partial charge in [0.25, 0.3) is 0 Å². The topological polar surface area (TPSA) is 9.23 Å². The van der Waals surface area contributed by atoms with Gasteiger partial charge < -0.3 is 4.74 Å². The van der Waals surface area contributed by atoms with Crippen molar-refractivity contribution in [3.05, 3.63) is 78.2 Å². The van der Waals surface area contributed by atoms with Crippen LogP contribution in [0.25, 0.3) is 0 Å². The lowest BCUT2D eigenvalue weighted by atomic mass is 9.85. The predicted molar refractivity (Wildman–Crippen MR) is 87.1 cm³/mol. The highest BCUT2D eigenvalue weighted by Gasteiger charge is 2.39. The smallest absolute Gasteiger partial charge is 0.0767 e. The van der Waals surface area contributed by atoms with Crippen molar-refractivity contribution >= 4 is 0 Å². The van der Waals surface area contributed by atoms with Crippen LogP contribution in [0.1, 0.15) is 30.9 Å². The first-order valence-electron chi connectivity index (χ1n) is 7.85. The molecule has 1 saturated heterocycles. The van der Waals surface area contributed by atoms with Gasteiger partial charge in [-0.1, -0.05) is 67.6 Å². The van der Waals surface area contributed by atoms with E-state index in [4.69, 9.17) is 4.74 Å². The first kappa shape index (κ1) is 14.3. The molecule has 21 heavy (non-hydrogen) atoms. The minimum Gasteiger partial charge on any atom is -0.371 e. The summed E-state index contributed by atoms with van der Waals surface area (Å²) < 4.78 is 6.45. The zero-order chi connectivity index (χ0) is 14.5. The fourth-order valence-electron chi connectivity index (χ4n) is 3.34. The van der Waals surface area contributed by atoms with Crippen LogP contribution in [0.2, 0.25) is 0 Å². The molecule has 2 aromatic carbocycles. The van der Waals surface area contributed by atoms with Gasteiger partial charge in [0.1, 0.15) is 0 Å². The first-order chi connectivity index (χ1) is 10.3. The molecule has 0 spiro atoms. The van der Waals surface area contributed by atoms with Crippen LogP contribution in [0.3, 0.4) is 0 Å². The van der Waals surface area contributed by atoms with E-state index in [0.29, 0.717) is 6.10 Å². The molecular formula is C20H23O. The maximum Gasteiger partial charge on any atom is 0.0767 e. The monoisotopic (exact) mass is 279 g/mol. The molecule has 1 atom stereocenters. The van der Waals surface area contributed by atoms with Gasteiger partial charge in [0, 0.05) is 12.8 Å². The second kappa shape index (κ2) is 6.44. The second-order valence-electron chi connectivity index (χ2n) is 6.04. The van der Waals surface area contributed by atoms with E-state index in [9.17, 15) is 0 Å². The van der Waals surface area contributed by atoms with E-state index < -0.39 is 0 Å². The van der Waals surface area contributed by atoms with E-state index in [1.165, 1.54) is 11.1 Å². The highest BCUT2D eigenvalue weighted by atomic mass is 16.5. The molecule has 1 heteroatoms. The van der Waals surface area contributed by atoms with Crippen LogP contribution in [0.5, 0.6) is 0 Å². The Morgan fingerprint density at radius 3 is 1.90 bits per heavy atom. The first-order valence-corrected chi connectivity index (χ1v) is 7.85. The Morgan fingerprint density at radius 2 is 1.48 bits per heavy atom. The molecule has 1 radical (unpaired) electrons. The molecule has 1 nitrogen and oxygen atoms in total. The van der Waals surface area contributed by atoms with Crippen LogP contribution in [0, 0.1) is 6.42 Å². The fraction of sp³-hybridized carbons (Fsp3) is 0.350. The van der Waals surface area contributed by atoms with Crippen molar-refractivity contribution in [3.63, 3.8) is 0 Å². The minimum atomic E-state index is -0.0557. The second-order valence-corrected chi connectivity index (χ2v) is 6.04. The molecule has 1 aliphatic rings.